The van der Waals surface area contributed by atoms with Gasteiger partial charge in [-0.2, -0.15) is 0 Å². The number of phenols is 1. The first kappa shape index (κ1) is 13.8. The predicted octanol–water partition coefficient (Wildman–Crippen LogP) is 2.62. The predicted molar refractivity (Wildman–Crippen MR) is 65.0 cm³/mol. The van der Waals surface area contributed by atoms with Crippen molar-refractivity contribution in [2.45, 2.75) is 13.3 Å². The van der Waals surface area contributed by atoms with Crippen molar-refractivity contribution in [2.24, 2.45) is 0 Å². The number of alkyl halides is 1. The van der Waals surface area contributed by atoms with Gasteiger partial charge in [0.05, 0.1) is 0 Å². The van der Waals surface area contributed by atoms with Gasteiger partial charge >= 0.3 is 0 Å². The number of amides is 1. The van der Waals surface area contributed by atoms with Crippen LogP contribution in [0.2, 0.25) is 0 Å². The summed E-state index contributed by atoms with van der Waals surface area (Å²) in [5.41, 5.74) is -0.274. The van der Waals surface area contributed by atoms with Gasteiger partial charge in [-0.15, -0.1) is 11.6 Å². The summed E-state index contributed by atoms with van der Waals surface area (Å²) in [6.45, 7) is 2.69. The second kappa shape index (κ2) is 6.45. The van der Waals surface area contributed by atoms with Crippen LogP contribution >= 0.6 is 11.6 Å². The first-order valence-electron chi connectivity index (χ1n) is 5.44. The van der Waals surface area contributed by atoms with Crippen molar-refractivity contribution >= 4 is 17.5 Å². The van der Waals surface area contributed by atoms with Crippen molar-refractivity contribution < 1.29 is 14.3 Å². The normalized spacial score (nSPS) is 10.3. The van der Waals surface area contributed by atoms with Crippen LogP contribution in [0.4, 0.5) is 4.39 Å². The molecule has 0 aliphatic rings. The van der Waals surface area contributed by atoms with Gasteiger partial charge in [-0.05, 0) is 25.5 Å². The van der Waals surface area contributed by atoms with Crippen molar-refractivity contribution in [3.8, 4) is 5.75 Å². The van der Waals surface area contributed by atoms with E-state index < -0.39 is 11.7 Å². The molecule has 1 aromatic carbocycles. The number of carbonyl (C=O) groups is 1. The smallest absolute Gasteiger partial charge is 0.260 e. The lowest BCUT2D eigenvalue weighted by Gasteiger charge is -2.21. The van der Waals surface area contributed by atoms with Gasteiger partial charge in [-0.3, -0.25) is 4.79 Å². The number of carbonyl (C=O) groups excluding carboxylic acids is 1. The Morgan fingerprint density at radius 2 is 2.24 bits per heavy atom. The SMILES string of the molecule is CCN(CCCCl)C(=O)c1c(O)cccc1F. The highest BCUT2D eigenvalue weighted by atomic mass is 35.5. The molecular weight excluding hydrogens is 245 g/mol. The summed E-state index contributed by atoms with van der Waals surface area (Å²) in [7, 11) is 0. The molecule has 0 unspecified atom stereocenters. The van der Waals surface area contributed by atoms with Crippen LogP contribution in [0, 0.1) is 5.82 Å². The molecular formula is C12H15ClFNO2. The van der Waals surface area contributed by atoms with Gasteiger partial charge in [0.25, 0.3) is 5.91 Å². The molecule has 0 aliphatic carbocycles. The van der Waals surface area contributed by atoms with E-state index in [9.17, 15) is 14.3 Å². The molecule has 17 heavy (non-hydrogen) atoms. The number of rotatable bonds is 5. The second-order valence-corrected chi connectivity index (χ2v) is 3.94. The summed E-state index contributed by atoms with van der Waals surface area (Å²) >= 11 is 5.55. The average Bonchev–Trinajstić information content (AvgIpc) is 2.30. The van der Waals surface area contributed by atoms with E-state index in [1.54, 1.807) is 6.92 Å². The lowest BCUT2D eigenvalue weighted by atomic mass is 10.1. The van der Waals surface area contributed by atoms with Gasteiger partial charge in [-0.25, -0.2) is 4.39 Å². The molecule has 0 heterocycles. The maximum atomic E-state index is 13.5. The van der Waals surface area contributed by atoms with Gasteiger partial charge in [0.2, 0.25) is 0 Å². The molecule has 0 bridgehead atoms. The fourth-order valence-corrected chi connectivity index (χ4v) is 1.66. The molecule has 1 N–H and O–H groups in total. The Balaban J connectivity index is 2.93. The van der Waals surface area contributed by atoms with E-state index in [1.807, 2.05) is 0 Å². The molecule has 0 aliphatic heterocycles. The summed E-state index contributed by atoms with van der Waals surface area (Å²) < 4.78 is 13.5. The van der Waals surface area contributed by atoms with E-state index in [4.69, 9.17) is 11.6 Å². The van der Waals surface area contributed by atoms with Crippen LogP contribution in [0.25, 0.3) is 0 Å². The minimum atomic E-state index is -0.709. The number of aromatic hydroxyl groups is 1. The molecule has 1 rings (SSSR count). The lowest BCUT2D eigenvalue weighted by Crippen LogP contribution is -2.32. The Kier molecular flexibility index (Phi) is 5.22. The Bertz CT molecular complexity index is 378. The van der Waals surface area contributed by atoms with E-state index in [1.165, 1.54) is 17.0 Å². The molecule has 5 heteroatoms. The summed E-state index contributed by atoms with van der Waals surface area (Å²) in [6, 6.07) is 3.81. The topological polar surface area (TPSA) is 40.5 Å². The molecule has 0 saturated carbocycles. The first-order valence-corrected chi connectivity index (χ1v) is 5.98. The third-order valence-electron chi connectivity index (χ3n) is 2.44. The molecule has 1 amide bonds. The van der Waals surface area contributed by atoms with Crippen molar-refractivity contribution in [1.82, 2.24) is 4.90 Å². The molecule has 0 saturated heterocycles. The highest BCUT2D eigenvalue weighted by molar-refractivity contribution is 6.17. The molecule has 0 fully saturated rings. The fraction of sp³-hybridized carbons (Fsp3) is 0.417. The lowest BCUT2D eigenvalue weighted by molar-refractivity contribution is 0.0757. The average molecular weight is 260 g/mol. The molecule has 0 aromatic heterocycles. The number of phenolic OH excluding ortho intramolecular Hbond substituents is 1. The minimum absolute atomic E-state index is 0.274. The molecule has 0 atom stereocenters. The molecule has 1 aromatic rings. The zero-order valence-electron chi connectivity index (χ0n) is 9.62. The number of nitrogens with zero attached hydrogens (tertiary/aromatic N) is 1. The Morgan fingerprint density at radius 1 is 1.53 bits per heavy atom. The van der Waals surface area contributed by atoms with E-state index in [2.05, 4.69) is 0 Å². The summed E-state index contributed by atoms with van der Waals surface area (Å²) in [5, 5.41) is 9.52. The maximum absolute atomic E-state index is 13.5. The number of hydrogen-bond donors (Lipinski definition) is 1. The van der Waals surface area contributed by atoms with Crippen LogP contribution in [0.3, 0.4) is 0 Å². The Morgan fingerprint density at radius 3 is 2.76 bits per heavy atom. The third-order valence-corrected chi connectivity index (χ3v) is 2.70. The van der Waals surface area contributed by atoms with Gasteiger partial charge < -0.3 is 10.0 Å². The van der Waals surface area contributed by atoms with Crippen molar-refractivity contribution in [3.63, 3.8) is 0 Å². The van der Waals surface area contributed by atoms with E-state index >= 15 is 0 Å². The van der Waals surface area contributed by atoms with E-state index in [0.29, 0.717) is 25.4 Å². The summed E-state index contributed by atoms with van der Waals surface area (Å²) in [6.07, 6.45) is 0.635. The van der Waals surface area contributed by atoms with Gasteiger partial charge in [-0.1, -0.05) is 6.07 Å². The Hall–Kier alpha value is -1.29. The number of halogens is 2. The number of benzene rings is 1. The second-order valence-electron chi connectivity index (χ2n) is 3.56. The molecule has 0 radical (unpaired) electrons. The van der Waals surface area contributed by atoms with Crippen molar-refractivity contribution in [3.05, 3.63) is 29.6 Å². The van der Waals surface area contributed by atoms with Crippen LogP contribution < -0.4 is 0 Å². The van der Waals surface area contributed by atoms with Crippen LogP contribution in [0.1, 0.15) is 23.7 Å². The van der Waals surface area contributed by atoms with Gasteiger partial charge in [0.1, 0.15) is 17.1 Å². The quantitative estimate of drug-likeness (QED) is 0.826. The summed E-state index contributed by atoms with van der Waals surface area (Å²) in [5.74, 6) is -1.11. The zero-order valence-corrected chi connectivity index (χ0v) is 10.4. The molecule has 3 nitrogen and oxygen atoms in total. The minimum Gasteiger partial charge on any atom is -0.507 e. The van der Waals surface area contributed by atoms with Crippen LogP contribution in [-0.2, 0) is 0 Å². The van der Waals surface area contributed by atoms with Crippen molar-refractivity contribution in [2.75, 3.05) is 19.0 Å². The van der Waals surface area contributed by atoms with Crippen LogP contribution in [-0.4, -0.2) is 34.9 Å². The van der Waals surface area contributed by atoms with Gasteiger partial charge in [0.15, 0.2) is 0 Å². The van der Waals surface area contributed by atoms with Crippen molar-refractivity contribution in [1.29, 1.82) is 0 Å². The van der Waals surface area contributed by atoms with Gasteiger partial charge in [0, 0.05) is 19.0 Å². The van der Waals surface area contributed by atoms with Crippen LogP contribution in [0.15, 0.2) is 18.2 Å². The Labute approximate surface area is 105 Å². The molecule has 94 valence electrons. The largest absolute Gasteiger partial charge is 0.507 e. The fourth-order valence-electron chi connectivity index (χ4n) is 1.54. The first-order chi connectivity index (χ1) is 8.11. The standard InChI is InChI=1S/C12H15ClFNO2/c1-2-15(8-4-7-13)12(17)11-9(14)5-3-6-10(11)16/h3,5-6,16H,2,4,7-8H2,1H3. The zero-order chi connectivity index (χ0) is 12.8. The monoisotopic (exact) mass is 259 g/mol. The number of hydrogen-bond acceptors (Lipinski definition) is 2. The van der Waals surface area contributed by atoms with Crippen LogP contribution in [0.5, 0.6) is 5.75 Å². The third kappa shape index (κ3) is 3.33. The maximum Gasteiger partial charge on any atom is 0.260 e. The molecule has 0 spiro atoms. The van der Waals surface area contributed by atoms with E-state index in [0.717, 1.165) is 6.07 Å². The van der Waals surface area contributed by atoms with E-state index in [-0.39, 0.29) is 11.3 Å². The summed E-state index contributed by atoms with van der Waals surface area (Å²) in [4.78, 5) is 13.5. The highest BCUT2D eigenvalue weighted by Crippen LogP contribution is 2.21. The highest BCUT2D eigenvalue weighted by Gasteiger charge is 2.21.